The molecule has 0 aliphatic carbocycles. The van der Waals surface area contributed by atoms with Crippen LogP contribution in [0.1, 0.15) is 31.4 Å². The minimum atomic E-state index is 0.394. The molecule has 1 aliphatic rings. The van der Waals surface area contributed by atoms with Gasteiger partial charge in [-0.15, -0.1) is 0 Å². The van der Waals surface area contributed by atoms with Crippen LogP contribution in [0.25, 0.3) is 11.5 Å². The van der Waals surface area contributed by atoms with Gasteiger partial charge in [-0.2, -0.15) is 10.2 Å². The number of anilines is 1. The van der Waals surface area contributed by atoms with Crippen molar-refractivity contribution in [3.05, 3.63) is 36.0 Å². The van der Waals surface area contributed by atoms with Crippen LogP contribution in [-0.4, -0.2) is 18.1 Å². The Kier molecular flexibility index (Phi) is 3.69. The lowest BCUT2D eigenvalue weighted by atomic mass is 10.2. The van der Waals surface area contributed by atoms with Crippen LogP contribution in [0.2, 0.25) is 0 Å². The van der Waals surface area contributed by atoms with Crippen molar-refractivity contribution in [3.63, 3.8) is 0 Å². The SMILES string of the molecule is N#Cc1nc(-c2ccccc2)oc1N1CCCCCC1. The lowest BCUT2D eigenvalue weighted by molar-refractivity contribution is 0.550. The first-order valence-corrected chi connectivity index (χ1v) is 7.10. The summed E-state index contributed by atoms with van der Waals surface area (Å²) in [5.74, 6) is 1.16. The maximum absolute atomic E-state index is 9.28. The molecule has 4 heteroatoms. The van der Waals surface area contributed by atoms with Crippen LogP contribution in [0.15, 0.2) is 34.7 Å². The van der Waals surface area contributed by atoms with Gasteiger partial charge in [0.1, 0.15) is 6.07 Å². The molecular weight excluding hydrogens is 250 g/mol. The fraction of sp³-hybridized carbons (Fsp3) is 0.375. The Morgan fingerprint density at radius 2 is 1.75 bits per heavy atom. The first-order chi connectivity index (χ1) is 9.88. The van der Waals surface area contributed by atoms with Crippen molar-refractivity contribution in [1.29, 1.82) is 5.26 Å². The zero-order chi connectivity index (χ0) is 13.8. The molecule has 0 unspecified atom stereocenters. The summed E-state index contributed by atoms with van der Waals surface area (Å²) in [6.45, 7) is 1.89. The fourth-order valence-electron chi connectivity index (χ4n) is 2.58. The average Bonchev–Trinajstić information content (AvgIpc) is 2.75. The number of oxazole rings is 1. The van der Waals surface area contributed by atoms with Gasteiger partial charge in [0.2, 0.25) is 17.5 Å². The normalized spacial score (nSPS) is 15.7. The molecule has 2 heterocycles. The lowest BCUT2D eigenvalue weighted by Crippen LogP contribution is -2.24. The van der Waals surface area contributed by atoms with E-state index in [1.54, 1.807) is 0 Å². The van der Waals surface area contributed by atoms with E-state index < -0.39 is 0 Å². The Balaban J connectivity index is 1.95. The highest BCUT2D eigenvalue weighted by Crippen LogP contribution is 2.29. The van der Waals surface area contributed by atoms with E-state index in [9.17, 15) is 5.26 Å². The maximum Gasteiger partial charge on any atom is 0.235 e. The van der Waals surface area contributed by atoms with Crippen LogP contribution >= 0.6 is 0 Å². The molecule has 1 aromatic heterocycles. The summed E-state index contributed by atoms with van der Waals surface area (Å²) in [6, 6.07) is 11.9. The highest BCUT2D eigenvalue weighted by Gasteiger charge is 2.21. The molecule has 0 amide bonds. The fourth-order valence-corrected chi connectivity index (χ4v) is 2.58. The summed E-state index contributed by atoms with van der Waals surface area (Å²) in [7, 11) is 0. The van der Waals surface area contributed by atoms with E-state index in [2.05, 4.69) is 16.0 Å². The Labute approximate surface area is 118 Å². The van der Waals surface area contributed by atoms with Crippen LogP contribution in [0, 0.1) is 11.3 Å². The van der Waals surface area contributed by atoms with Crippen molar-refractivity contribution >= 4 is 5.88 Å². The monoisotopic (exact) mass is 267 g/mol. The van der Waals surface area contributed by atoms with Crippen LogP contribution in [-0.2, 0) is 0 Å². The van der Waals surface area contributed by atoms with Crippen molar-refractivity contribution in [1.82, 2.24) is 4.98 Å². The Morgan fingerprint density at radius 3 is 2.40 bits per heavy atom. The third kappa shape index (κ3) is 2.53. The highest BCUT2D eigenvalue weighted by molar-refractivity contribution is 5.59. The number of hydrogen-bond donors (Lipinski definition) is 0. The summed E-state index contributed by atoms with van der Waals surface area (Å²) in [6.07, 6.45) is 4.79. The maximum atomic E-state index is 9.28. The largest absolute Gasteiger partial charge is 0.419 e. The van der Waals surface area contributed by atoms with Gasteiger partial charge in [-0.25, -0.2) is 0 Å². The Hall–Kier alpha value is -2.28. The van der Waals surface area contributed by atoms with Gasteiger partial charge >= 0.3 is 0 Å². The minimum absolute atomic E-state index is 0.394. The van der Waals surface area contributed by atoms with Crippen LogP contribution < -0.4 is 4.90 Å². The molecule has 0 radical (unpaired) electrons. The van der Waals surface area contributed by atoms with E-state index in [1.165, 1.54) is 12.8 Å². The summed E-state index contributed by atoms with van der Waals surface area (Å²) in [5.41, 5.74) is 1.30. The first-order valence-electron chi connectivity index (χ1n) is 7.10. The first kappa shape index (κ1) is 12.7. The van der Waals surface area contributed by atoms with Crippen molar-refractivity contribution in [3.8, 4) is 17.5 Å². The number of rotatable bonds is 2. The van der Waals surface area contributed by atoms with Crippen LogP contribution in [0.3, 0.4) is 0 Å². The Morgan fingerprint density at radius 1 is 1.05 bits per heavy atom. The van der Waals surface area contributed by atoms with Crippen LogP contribution in [0.5, 0.6) is 0 Å². The molecule has 0 spiro atoms. The van der Waals surface area contributed by atoms with E-state index in [4.69, 9.17) is 4.42 Å². The quantitative estimate of drug-likeness (QED) is 0.834. The molecule has 102 valence electrons. The molecule has 4 nitrogen and oxygen atoms in total. The number of aromatic nitrogens is 1. The highest BCUT2D eigenvalue weighted by atomic mass is 16.4. The molecule has 1 aromatic carbocycles. The smallest absolute Gasteiger partial charge is 0.235 e. The van der Waals surface area contributed by atoms with Crippen LogP contribution in [0.4, 0.5) is 5.88 Å². The van der Waals surface area contributed by atoms with Crippen molar-refractivity contribution in [2.45, 2.75) is 25.7 Å². The number of nitriles is 1. The summed E-state index contributed by atoms with van der Waals surface area (Å²) in [5, 5.41) is 9.28. The van der Waals surface area contributed by atoms with E-state index in [-0.39, 0.29) is 0 Å². The summed E-state index contributed by atoms with van der Waals surface area (Å²) < 4.78 is 5.88. The average molecular weight is 267 g/mol. The molecule has 1 fully saturated rings. The van der Waals surface area contributed by atoms with Gasteiger partial charge in [0.05, 0.1) is 0 Å². The second-order valence-electron chi connectivity index (χ2n) is 5.05. The van der Waals surface area contributed by atoms with Crippen molar-refractivity contribution < 1.29 is 4.42 Å². The third-order valence-corrected chi connectivity index (χ3v) is 3.63. The van der Waals surface area contributed by atoms with E-state index in [0.717, 1.165) is 31.5 Å². The third-order valence-electron chi connectivity index (χ3n) is 3.63. The molecule has 20 heavy (non-hydrogen) atoms. The molecular formula is C16H17N3O. The van der Waals surface area contributed by atoms with E-state index in [1.807, 2.05) is 30.3 Å². The van der Waals surface area contributed by atoms with Crippen molar-refractivity contribution in [2.75, 3.05) is 18.0 Å². The van der Waals surface area contributed by atoms with Crippen molar-refractivity contribution in [2.24, 2.45) is 0 Å². The number of benzene rings is 1. The van der Waals surface area contributed by atoms with Gasteiger partial charge in [-0.3, -0.25) is 0 Å². The predicted molar refractivity (Wildman–Crippen MR) is 77.3 cm³/mol. The second kappa shape index (κ2) is 5.79. The molecule has 3 rings (SSSR count). The number of nitrogens with zero attached hydrogens (tertiary/aromatic N) is 3. The molecule has 0 saturated carbocycles. The van der Waals surface area contributed by atoms with Gasteiger partial charge in [-0.05, 0) is 25.0 Å². The van der Waals surface area contributed by atoms with Gasteiger partial charge in [0.25, 0.3) is 0 Å². The van der Waals surface area contributed by atoms with E-state index in [0.29, 0.717) is 17.5 Å². The molecule has 0 atom stereocenters. The molecule has 0 bridgehead atoms. The van der Waals surface area contributed by atoms with Gasteiger partial charge in [0.15, 0.2) is 0 Å². The second-order valence-corrected chi connectivity index (χ2v) is 5.05. The molecule has 1 aliphatic heterocycles. The Bertz CT molecular complexity index is 604. The standard InChI is InChI=1S/C16H17N3O/c17-12-14-16(19-10-6-1-2-7-11-19)20-15(18-14)13-8-4-3-5-9-13/h3-5,8-9H,1-2,6-7,10-11H2. The predicted octanol–water partition coefficient (Wildman–Crippen LogP) is 3.59. The topological polar surface area (TPSA) is 53.1 Å². The number of hydrogen-bond acceptors (Lipinski definition) is 4. The molecule has 2 aromatic rings. The van der Waals surface area contributed by atoms with Gasteiger partial charge in [-0.1, -0.05) is 31.0 Å². The molecule has 1 saturated heterocycles. The van der Waals surface area contributed by atoms with Gasteiger partial charge in [0, 0.05) is 18.7 Å². The summed E-state index contributed by atoms with van der Waals surface area (Å²) in [4.78, 5) is 6.49. The zero-order valence-electron chi connectivity index (χ0n) is 11.4. The summed E-state index contributed by atoms with van der Waals surface area (Å²) >= 11 is 0. The zero-order valence-corrected chi connectivity index (χ0v) is 11.4. The van der Waals surface area contributed by atoms with E-state index >= 15 is 0 Å². The minimum Gasteiger partial charge on any atom is -0.419 e. The van der Waals surface area contributed by atoms with Gasteiger partial charge < -0.3 is 9.32 Å². The molecule has 0 N–H and O–H groups in total. The lowest BCUT2D eigenvalue weighted by Gasteiger charge is -2.18.